The number of ether oxygens (including phenoxy) is 1. The number of hydrogen-bond donors (Lipinski definition) is 2. The molecular formula is C18H36N4O. The van der Waals surface area contributed by atoms with E-state index in [-0.39, 0.29) is 0 Å². The average molecular weight is 325 g/mol. The molecule has 2 aliphatic rings. The molecule has 23 heavy (non-hydrogen) atoms. The summed E-state index contributed by atoms with van der Waals surface area (Å²) in [5, 5.41) is 6.88. The second-order valence-corrected chi connectivity index (χ2v) is 6.97. The van der Waals surface area contributed by atoms with Crippen molar-refractivity contribution in [3.63, 3.8) is 0 Å². The lowest BCUT2D eigenvalue weighted by atomic mass is 10.0. The van der Waals surface area contributed by atoms with Crippen LogP contribution in [0.5, 0.6) is 0 Å². The van der Waals surface area contributed by atoms with Crippen molar-refractivity contribution in [2.24, 2.45) is 10.4 Å². The third kappa shape index (κ3) is 7.08. The maximum Gasteiger partial charge on any atom is 0.191 e. The van der Waals surface area contributed by atoms with Gasteiger partial charge < -0.3 is 20.3 Å². The third-order valence-electron chi connectivity index (χ3n) is 5.02. The van der Waals surface area contributed by atoms with Crippen LogP contribution in [0.3, 0.4) is 0 Å². The predicted molar refractivity (Wildman–Crippen MR) is 97.0 cm³/mol. The Morgan fingerprint density at radius 1 is 1.13 bits per heavy atom. The molecular weight excluding hydrogens is 288 g/mol. The topological polar surface area (TPSA) is 48.9 Å². The van der Waals surface area contributed by atoms with Crippen molar-refractivity contribution in [1.82, 2.24) is 15.5 Å². The molecule has 2 rings (SSSR count). The predicted octanol–water partition coefficient (Wildman–Crippen LogP) is 2.23. The van der Waals surface area contributed by atoms with E-state index < -0.39 is 0 Å². The Morgan fingerprint density at radius 2 is 1.91 bits per heavy atom. The Hall–Kier alpha value is -0.810. The van der Waals surface area contributed by atoms with E-state index >= 15 is 0 Å². The van der Waals surface area contributed by atoms with Crippen molar-refractivity contribution in [2.45, 2.75) is 52.4 Å². The number of likely N-dealkylation sites (tertiary alicyclic amines) is 1. The van der Waals surface area contributed by atoms with Crippen LogP contribution in [0.4, 0.5) is 0 Å². The Balaban J connectivity index is 1.69. The maximum atomic E-state index is 5.51. The van der Waals surface area contributed by atoms with E-state index in [1.807, 2.05) is 0 Å². The number of nitrogens with one attached hydrogen (secondary N) is 2. The fraction of sp³-hybridized carbons (Fsp3) is 0.944. The van der Waals surface area contributed by atoms with Crippen LogP contribution >= 0.6 is 0 Å². The maximum absolute atomic E-state index is 5.51. The van der Waals surface area contributed by atoms with Gasteiger partial charge in [-0.3, -0.25) is 4.99 Å². The molecule has 1 aliphatic carbocycles. The van der Waals surface area contributed by atoms with E-state index in [0.29, 0.717) is 5.41 Å². The summed E-state index contributed by atoms with van der Waals surface area (Å²) in [6.45, 7) is 12.4. The first-order valence-corrected chi connectivity index (χ1v) is 9.60. The SMILES string of the molecule is CCNC(=NCC1(CCOCC)CC1)NCCN1CCCCC1. The van der Waals surface area contributed by atoms with Gasteiger partial charge in [-0.05, 0) is 64.5 Å². The molecule has 2 fully saturated rings. The largest absolute Gasteiger partial charge is 0.382 e. The normalized spacial score (nSPS) is 21.2. The first-order valence-electron chi connectivity index (χ1n) is 9.60. The Bertz CT molecular complexity index is 349. The quantitative estimate of drug-likeness (QED) is 0.368. The second-order valence-electron chi connectivity index (χ2n) is 6.97. The minimum Gasteiger partial charge on any atom is -0.382 e. The summed E-state index contributed by atoms with van der Waals surface area (Å²) in [4.78, 5) is 7.39. The lowest BCUT2D eigenvalue weighted by molar-refractivity contribution is 0.129. The monoisotopic (exact) mass is 324 g/mol. The first-order chi connectivity index (χ1) is 11.3. The lowest BCUT2D eigenvalue weighted by Crippen LogP contribution is -2.43. The van der Waals surface area contributed by atoms with E-state index in [1.54, 1.807) is 0 Å². The molecule has 0 radical (unpaired) electrons. The Kier molecular flexibility index (Phi) is 8.17. The van der Waals surface area contributed by atoms with Gasteiger partial charge in [-0.2, -0.15) is 0 Å². The van der Waals surface area contributed by atoms with E-state index in [1.165, 1.54) is 45.2 Å². The zero-order valence-electron chi connectivity index (χ0n) is 15.2. The summed E-state index contributed by atoms with van der Waals surface area (Å²) >= 11 is 0. The van der Waals surface area contributed by atoms with Crippen LogP contribution in [-0.4, -0.2) is 63.3 Å². The zero-order valence-corrected chi connectivity index (χ0v) is 15.2. The summed E-state index contributed by atoms with van der Waals surface area (Å²) in [6.07, 6.45) is 7.87. The zero-order chi connectivity index (χ0) is 16.4. The highest BCUT2D eigenvalue weighted by molar-refractivity contribution is 5.79. The highest BCUT2D eigenvalue weighted by Crippen LogP contribution is 2.48. The molecule has 1 aliphatic heterocycles. The van der Waals surface area contributed by atoms with Crippen molar-refractivity contribution in [2.75, 3.05) is 52.5 Å². The molecule has 0 amide bonds. The molecule has 0 atom stereocenters. The minimum atomic E-state index is 0.421. The molecule has 1 saturated carbocycles. The summed E-state index contributed by atoms with van der Waals surface area (Å²) in [5.41, 5.74) is 0.421. The van der Waals surface area contributed by atoms with Gasteiger partial charge in [0.15, 0.2) is 5.96 Å². The van der Waals surface area contributed by atoms with E-state index in [9.17, 15) is 0 Å². The number of guanidine groups is 1. The van der Waals surface area contributed by atoms with Crippen LogP contribution < -0.4 is 10.6 Å². The molecule has 5 heteroatoms. The van der Waals surface area contributed by atoms with Gasteiger partial charge in [-0.1, -0.05) is 6.42 Å². The van der Waals surface area contributed by atoms with Gasteiger partial charge in [0.1, 0.15) is 0 Å². The van der Waals surface area contributed by atoms with E-state index in [2.05, 4.69) is 29.4 Å². The van der Waals surface area contributed by atoms with Crippen molar-refractivity contribution in [1.29, 1.82) is 0 Å². The number of aliphatic imine (C=N–C) groups is 1. The summed E-state index contributed by atoms with van der Waals surface area (Å²) in [5.74, 6) is 0.979. The number of nitrogens with zero attached hydrogens (tertiary/aromatic N) is 2. The number of piperidine rings is 1. The Labute approximate surface area is 142 Å². The lowest BCUT2D eigenvalue weighted by Gasteiger charge is -2.26. The molecule has 0 unspecified atom stereocenters. The van der Waals surface area contributed by atoms with Gasteiger partial charge in [-0.25, -0.2) is 0 Å². The smallest absolute Gasteiger partial charge is 0.191 e. The highest BCUT2D eigenvalue weighted by atomic mass is 16.5. The van der Waals surface area contributed by atoms with Crippen LogP contribution in [-0.2, 0) is 4.74 Å². The van der Waals surface area contributed by atoms with Crippen molar-refractivity contribution < 1.29 is 4.74 Å². The van der Waals surface area contributed by atoms with Crippen molar-refractivity contribution in [3.8, 4) is 0 Å². The summed E-state index contributed by atoms with van der Waals surface area (Å²) < 4.78 is 5.51. The van der Waals surface area contributed by atoms with Gasteiger partial charge >= 0.3 is 0 Å². The average Bonchev–Trinajstić information content (AvgIpc) is 3.34. The number of rotatable bonds is 10. The van der Waals surface area contributed by atoms with Gasteiger partial charge in [0.2, 0.25) is 0 Å². The van der Waals surface area contributed by atoms with Gasteiger partial charge in [0, 0.05) is 39.4 Å². The standard InChI is InChI=1S/C18H36N4O/c1-3-19-17(20-11-14-22-12-6-5-7-13-22)21-16-18(8-9-18)10-15-23-4-2/h3-16H2,1-2H3,(H2,19,20,21). The summed E-state index contributed by atoms with van der Waals surface area (Å²) in [6, 6.07) is 0. The van der Waals surface area contributed by atoms with Crippen LogP contribution in [0.1, 0.15) is 52.4 Å². The molecule has 1 heterocycles. The third-order valence-corrected chi connectivity index (χ3v) is 5.02. The van der Waals surface area contributed by atoms with Gasteiger partial charge in [-0.15, -0.1) is 0 Å². The highest BCUT2D eigenvalue weighted by Gasteiger charge is 2.41. The molecule has 5 nitrogen and oxygen atoms in total. The fourth-order valence-electron chi connectivity index (χ4n) is 3.20. The molecule has 1 saturated heterocycles. The molecule has 0 aromatic rings. The van der Waals surface area contributed by atoms with Crippen LogP contribution in [0.15, 0.2) is 4.99 Å². The van der Waals surface area contributed by atoms with Crippen LogP contribution in [0, 0.1) is 5.41 Å². The van der Waals surface area contributed by atoms with Gasteiger partial charge in [0.05, 0.1) is 0 Å². The van der Waals surface area contributed by atoms with Crippen LogP contribution in [0.25, 0.3) is 0 Å². The molecule has 134 valence electrons. The van der Waals surface area contributed by atoms with Crippen molar-refractivity contribution >= 4 is 5.96 Å². The Morgan fingerprint density at radius 3 is 2.57 bits per heavy atom. The molecule has 0 spiro atoms. The van der Waals surface area contributed by atoms with Crippen LogP contribution in [0.2, 0.25) is 0 Å². The summed E-state index contributed by atoms with van der Waals surface area (Å²) in [7, 11) is 0. The first kappa shape index (κ1) is 18.5. The van der Waals surface area contributed by atoms with E-state index in [0.717, 1.165) is 51.8 Å². The molecule has 2 N–H and O–H groups in total. The van der Waals surface area contributed by atoms with Gasteiger partial charge in [0.25, 0.3) is 0 Å². The molecule has 0 bridgehead atoms. The molecule has 0 aromatic heterocycles. The second kappa shape index (κ2) is 10.1. The number of hydrogen-bond acceptors (Lipinski definition) is 3. The minimum absolute atomic E-state index is 0.421. The van der Waals surface area contributed by atoms with E-state index in [4.69, 9.17) is 9.73 Å². The fourth-order valence-corrected chi connectivity index (χ4v) is 3.20. The van der Waals surface area contributed by atoms with Crippen molar-refractivity contribution in [3.05, 3.63) is 0 Å². The molecule has 0 aromatic carbocycles.